The van der Waals surface area contributed by atoms with E-state index in [1.807, 2.05) is 12.1 Å². The van der Waals surface area contributed by atoms with Crippen LogP contribution in [0.5, 0.6) is 11.5 Å². The number of carbonyl (C=O) groups excluding carboxylic acids is 2. The highest BCUT2D eigenvalue weighted by Crippen LogP contribution is 2.46. The first-order valence-electron chi connectivity index (χ1n) is 9.43. The van der Waals surface area contributed by atoms with Crippen LogP contribution in [0, 0.1) is 0 Å². The highest BCUT2D eigenvalue weighted by atomic mass is 16.5. The minimum Gasteiger partial charge on any atom is -0.493 e. The zero-order valence-electron chi connectivity index (χ0n) is 16.1. The Balaban J connectivity index is 1.82. The van der Waals surface area contributed by atoms with Crippen molar-refractivity contribution in [1.82, 2.24) is 10.3 Å². The van der Waals surface area contributed by atoms with Gasteiger partial charge in [0.05, 0.1) is 31.5 Å². The molecule has 4 rings (SSSR count). The lowest BCUT2D eigenvalue weighted by atomic mass is 9.79. The molecule has 28 heavy (non-hydrogen) atoms. The number of hydrogen-bond acceptors (Lipinski definition) is 6. The maximum Gasteiger partial charge on any atom is 0.332 e. The van der Waals surface area contributed by atoms with Gasteiger partial charge in [-0.15, -0.1) is 0 Å². The van der Waals surface area contributed by atoms with E-state index in [0.717, 1.165) is 37.1 Å². The Kier molecular flexibility index (Phi) is 4.70. The number of ether oxygens (including phenoxy) is 2. The molecule has 0 saturated heterocycles. The first kappa shape index (κ1) is 18.3. The molecule has 1 aromatic carbocycles. The fraction of sp³-hybridized carbons (Fsp3) is 0.450. The molecule has 1 aromatic rings. The van der Waals surface area contributed by atoms with E-state index in [1.54, 1.807) is 14.2 Å². The molecular weight excluding hydrogens is 360 g/mol. The van der Waals surface area contributed by atoms with Gasteiger partial charge in [0, 0.05) is 25.1 Å². The molecule has 2 aliphatic heterocycles. The molecule has 3 N–H and O–H groups in total. The fourth-order valence-corrected chi connectivity index (χ4v) is 4.52. The Morgan fingerprint density at radius 2 is 1.96 bits per heavy atom. The molecule has 0 radical (unpaired) electrons. The van der Waals surface area contributed by atoms with Crippen molar-refractivity contribution in [1.29, 1.82) is 0 Å². The first-order valence-corrected chi connectivity index (χ1v) is 9.43. The molecule has 2 heterocycles. The van der Waals surface area contributed by atoms with Crippen molar-refractivity contribution in [2.24, 2.45) is 10.8 Å². The first-order chi connectivity index (χ1) is 13.5. The highest BCUT2D eigenvalue weighted by molar-refractivity contribution is 6.24. The van der Waals surface area contributed by atoms with E-state index in [1.165, 1.54) is 5.56 Å². The quantitative estimate of drug-likeness (QED) is 0.776. The molecule has 8 nitrogen and oxygen atoms in total. The van der Waals surface area contributed by atoms with Gasteiger partial charge in [-0.1, -0.05) is 0 Å². The molecule has 148 valence electrons. The van der Waals surface area contributed by atoms with Gasteiger partial charge in [-0.05, 0) is 42.5 Å². The molecule has 0 fully saturated rings. The number of carbonyl (C=O) groups is 2. The van der Waals surface area contributed by atoms with Crippen LogP contribution in [0.2, 0.25) is 0 Å². The SMILES string of the molecule is COc1cc2c(cc1OC)C1CC(=NNC(N)=O)C3=C(CCCC3=O)N1CC2. The normalized spacial score (nSPS) is 22.4. The van der Waals surface area contributed by atoms with Gasteiger partial charge in [0.1, 0.15) is 0 Å². The summed E-state index contributed by atoms with van der Waals surface area (Å²) in [4.78, 5) is 26.1. The Morgan fingerprint density at radius 1 is 1.21 bits per heavy atom. The van der Waals surface area contributed by atoms with Crippen LogP contribution in [0.3, 0.4) is 0 Å². The third kappa shape index (κ3) is 2.98. The van der Waals surface area contributed by atoms with Crippen molar-refractivity contribution in [2.45, 2.75) is 38.1 Å². The standard InChI is InChI=1S/C20H24N4O4/c1-27-17-8-11-6-7-24-14-4-3-5-16(25)19(14)13(22-23-20(21)26)10-15(24)12(11)9-18(17)28-2/h8-9,15H,3-7,10H2,1-2H3,(H3,21,23,26). The molecule has 0 aromatic heterocycles. The zero-order chi connectivity index (χ0) is 19.8. The van der Waals surface area contributed by atoms with Crippen LogP contribution in [0.25, 0.3) is 0 Å². The Bertz CT molecular complexity index is 906. The van der Waals surface area contributed by atoms with Gasteiger partial charge in [0.2, 0.25) is 0 Å². The van der Waals surface area contributed by atoms with E-state index < -0.39 is 6.03 Å². The molecule has 8 heteroatoms. The largest absolute Gasteiger partial charge is 0.493 e. The number of amides is 2. The summed E-state index contributed by atoms with van der Waals surface area (Å²) < 4.78 is 10.9. The number of methoxy groups -OCH3 is 2. The number of nitrogens with two attached hydrogens (primary N) is 1. The number of allylic oxidation sites excluding steroid dienone is 2. The number of hydrazone groups is 1. The average molecular weight is 384 g/mol. The summed E-state index contributed by atoms with van der Waals surface area (Å²) in [6.07, 6.45) is 3.55. The second-order valence-electron chi connectivity index (χ2n) is 7.20. The molecular formula is C20H24N4O4. The third-order valence-corrected chi connectivity index (χ3v) is 5.71. The number of benzene rings is 1. The van der Waals surface area contributed by atoms with Crippen LogP contribution in [-0.4, -0.2) is 43.2 Å². The molecule has 0 bridgehead atoms. The second kappa shape index (κ2) is 7.18. The summed E-state index contributed by atoms with van der Waals surface area (Å²) in [6, 6.07) is 3.33. The number of fused-ring (bicyclic) bond motifs is 4. The molecule has 0 spiro atoms. The number of urea groups is 1. The van der Waals surface area contributed by atoms with E-state index in [0.29, 0.717) is 35.6 Å². The molecule has 1 unspecified atom stereocenters. The summed E-state index contributed by atoms with van der Waals surface area (Å²) >= 11 is 0. The highest BCUT2D eigenvalue weighted by Gasteiger charge is 2.40. The number of ketones is 1. The average Bonchev–Trinajstić information content (AvgIpc) is 2.70. The number of nitrogens with one attached hydrogen (secondary N) is 1. The van der Waals surface area contributed by atoms with Crippen LogP contribution in [-0.2, 0) is 11.2 Å². The van der Waals surface area contributed by atoms with Crippen LogP contribution >= 0.6 is 0 Å². The smallest absolute Gasteiger partial charge is 0.332 e. The lowest BCUT2D eigenvalue weighted by molar-refractivity contribution is -0.115. The maximum atomic E-state index is 12.6. The van der Waals surface area contributed by atoms with E-state index in [4.69, 9.17) is 15.2 Å². The number of primary amides is 1. The van der Waals surface area contributed by atoms with Crippen LogP contribution in [0.15, 0.2) is 28.5 Å². The van der Waals surface area contributed by atoms with Gasteiger partial charge in [-0.25, -0.2) is 10.2 Å². The van der Waals surface area contributed by atoms with Crippen molar-refractivity contribution >= 4 is 17.5 Å². The summed E-state index contributed by atoms with van der Waals surface area (Å²) in [5, 5.41) is 4.19. The Morgan fingerprint density at radius 3 is 2.68 bits per heavy atom. The molecule has 3 aliphatic rings. The summed E-state index contributed by atoms with van der Waals surface area (Å²) in [5.74, 6) is 1.47. The zero-order valence-corrected chi connectivity index (χ0v) is 16.1. The second-order valence-corrected chi connectivity index (χ2v) is 7.20. The molecule has 2 amide bonds. The number of nitrogens with zero attached hydrogens (tertiary/aromatic N) is 2. The predicted octanol–water partition coefficient (Wildman–Crippen LogP) is 2.04. The third-order valence-electron chi connectivity index (χ3n) is 5.71. The van der Waals surface area contributed by atoms with Crippen molar-refractivity contribution in [3.05, 3.63) is 34.5 Å². The van der Waals surface area contributed by atoms with Gasteiger partial charge in [0.25, 0.3) is 0 Å². The van der Waals surface area contributed by atoms with Crippen molar-refractivity contribution in [2.75, 3.05) is 20.8 Å². The maximum absolute atomic E-state index is 12.6. The van der Waals surface area contributed by atoms with Gasteiger partial charge < -0.3 is 20.1 Å². The fourth-order valence-electron chi connectivity index (χ4n) is 4.52. The van der Waals surface area contributed by atoms with Crippen LogP contribution in [0.1, 0.15) is 42.9 Å². The number of rotatable bonds is 3. The van der Waals surface area contributed by atoms with Crippen LogP contribution < -0.4 is 20.6 Å². The topological polar surface area (TPSA) is 106 Å². The summed E-state index contributed by atoms with van der Waals surface area (Å²) in [6.45, 7) is 0.829. The Labute approximate surface area is 163 Å². The monoisotopic (exact) mass is 384 g/mol. The number of Topliss-reactive ketones (excluding diaryl/α,β-unsaturated/α-hetero) is 1. The van der Waals surface area contributed by atoms with E-state index in [9.17, 15) is 9.59 Å². The van der Waals surface area contributed by atoms with Crippen LogP contribution in [0.4, 0.5) is 4.79 Å². The van der Waals surface area contributed by atoms with E-state index in [-0.39, 0.29) is 11.8 Å². The minimum absolute atomic E-state index is 0.0293. The lowest BCUT2D eigenvalue weighted by Gasteiger charge is -2.46. The van der Waals surface area contributed by atoms with E-state index in [2.05, 4.69) is 15.4 Å². The molecule has 1 atom stereocenters. The van der Waals surface area contributed by atoms with Crippen molar-refractivity contribution in [3.8, 4) is 11.5 Å². The molecule has 0 saturated carbocycles. The Hall–Kier alpha value is -3.03. The minimum atomic E-state index is -0.740. The predicted molar refractivity (Wildman–Crippen MR) is 103 cm³/mol. The van der Waals surface area contributed by atoms with Crippen molar-refractivity contribution in [3.63, 3.8) is 0 Å². The summed E-state index contributed by atoms with van der Waals surface area (Å²) in [7, 11) is 3.25. The van der Waals surface area contributed by atoms with Gasteiger partial charge in [-0.2, -0.15) is 5.10 Å². The van der Waals surface area contributed by atoms with Crippen molar-refractivity contribution < 1.29 is 19.1 Å². The lowest BCUT2D eigenvalue weighted by Crippen LogP contribution is -2.44. The van der Waals surface area contributed by atoms with E-state index >= 15 is 0 Å². The van der Waals surface area contributed by atoms with Gasteiger partial charge >= 0.3 is 6.03 Å². The summed E-state index contributed by atoms with van der Waals surface area (Å²) in [5.41, 5.74) is 12.1. The molecule has 1 aliphatic carbocycles. The van der Waals surface area contributed by atoms with Gasteiger partial charge in [0.15, 0.2) is 17.3 Å². The van der Waals surface area contributed by atoms with Gasteiger partial charge in [-0.3, -0.25) is 4.79 Å². The number of hydrogen-bond donors (Lipinski definition) is 2.